The number of benzene rings is 1. The van der Waals surface area contributed by atoms with Gasteiger partial charge in [-0.2, -0.15) is 4.31 Å². The van der Waals surface area contributed by atoms with Gasteiger partial charge in [-0.05, 0) is 48.9 Å². The Kier molecular flexibility index (Phi) is 5.88. The van der Waals surface area contributed by atoms with Crippen LogP contribution in [0, 0.1) is 5.41 Å². The summed E-state index contributed by atoms with van der Waals surface area (Å²) in [6.45, 7) is 2.85. The van der Waals surface area contributed by atoms with E-state index in [1.165, 1.54) is 15.6 Å². The zero-order valence-corrected chi connectivity index (χ0v) is 17.1. The molecule has 1 aromatic heterocycles. The van der Waals surface area contributed by atoms with Crippen LogP contribution in [0.25, 0.3) is 0 Å². The summed E-state index contributed by atoms with van der Waals surface area (Å²) in [6, 6.07) is 10.8. The maximum atomic E-state index is 12.8. The number of nitrogens with zero attached hydrogens (tertiary/aromatic N) is 1. The molecule has 1 fully saturated rings. The van der Waals surface area contributed by atoms with E-state index in [0.717, 1.165) is 11.3 Å². The second-order valence-corrected chi connectivity index (χ2v) is 10.1. The third-order valence-corrected chi connectivity index (χ3v) is 8.10. The molecule has 1 atom stereocenters. The molecular formula is C19H24N2O4S2. The van der Waals surface area contributed by atoms with Crippen LogP contribution in [0.1, 0.15) is 25.3 Å². The van der Waals surface area contributed by atoms with Crippen LogP contribution in [0.3, 0.4) is 0 Å². The highest BCUT2D eigenvalue weighted by atomic mass is 32.2. The number of carbonyl (C=O) groups excluding carboxylic acids is 1. The Hall–Kier alpha value is -1.90. The van der Waals surface area contributed by atoms with Crippen molar-refractivity contribution in [3.05, 3.63) is 47.3 Å². The van der Waals surface area contributed by atoms with E-state index in [0.29, 0.717) is 30.1 Å². The molecule has 146 valence electrons. The molecule has 0 bridgehead atoms. The Morgan fingerprint density at radius 3 is 2.85 bits per heavy atom. The molecule has 1 amide bonds. The van der Waals surface area contributed by atoms with Crippen LogP contribution in [-0.4, -0.2) is 38.8 Å². The molecule has 1 N–H and O–H groups in total. The average molecular weight is 409 g/mol. The highest BCUT2D eigenvalue weighted by Crippen LogP contribution is 2.33. The number of carbonyl (C=O) groups is 1. The lowest BCUT2D eigenvalue weighted by molar-refractivity contribution is -0.132. The first-order valence-electron chi connectivity index (χ1n) is 8.80. The average Bonchev–Trinajstić information content (AvgIpc) is 3.22. The molecule has 1 aliphatic rings. The molecule has 0 saturated carbocycles. The van der Waals surface area contributed by atoms with Gasteiger partial charge in [0.2, 0.25) is 5.91 Å². The molecule has 2 heterocycles. The number of ether oxygens (including phenoxy) is 1. The predicted molar refractivity (Wildman–Crippen MR) is 105 cm³/mol. The summed E-state index contributed by atoms with van der Waals surface area (Å²) in [5.41, 5.74) is 0.187. The largest absolute Gasteiger partial charge is 0.497 e. The van der Waals surface area contributed by atoms with Crippen molar-refractivity contribution in [1.82, 2.24) is 9.62 Å². The van der Waals surface area contributed by atoms with Gasteiger partial charge in [-0.3, -0.25) is 4.79 Å². The quantitative estimate of drug-likeness (QED) is 0.797. The first-order valence-corrected chi connectivity index (χ1v) is 11.1. The maximum absolute atomic E-state index is 12.8. The van der Waals surface area contributed by atoms with Crippen molar-refractivity contribution < 1.29 is 17.9 Å². The zero-order chi connectivity index (χ0) is 19.5. The van der Waals surface area contributed by atoms with Crippen LogP contribution in [-0.2, 0) is 21.4 Å². The van der Waals surface area contributed by atoms with Crippen LogP contribution < -0.4 is 10.1 Å². The van der Waals surface area contributed by atoms with E-state index in [9.17, 15) is 13.2 Å². The third kappa shape index (κ3) is 4.34. The van der Waals surface area contributed by atoms with E-state index in [1.54, 1.807) is 24.6 Å². The fourth-order valence-corrected chi connectivity index (χ4v) is 6.05. The Balaban J connectivity index is 1.68. The Morgan fingerprint density at radius 1 is 1.33 bits per heavy atom. The molecule has 2 aromatic rings. The second-order valence-electron chi connectivity index (χ2n) is 6.97. The minimum Gasteiger partial charge on any atom is -0.497 e. The van der Waals surface area contributed by atoms with E-state index in [4.69, 9.17) is 4.74 Å². The van der Waals surface area contributed by atoms with Gasteiger partial charge in [0.15, 0.2) is 0 Å². The van der Waals surface area contributed by atoms with E-state index in [2.05, 4.69) is 5.32 Å². The number of nitrogens with one attached hydrogen (secondary N) is 1. The van der Waals surface area contributed by atoms with Crippen molar-refractivity contribution >= 4 is 27.3 Å². The lowest BCUT2D eigenvalue weighted by Gasteiger charge is -2.38. The minimum atomic E-state index is -3.54. The maximum Gasteiger partial charge on any atom is 0.252 e. The number of methoxy groups -OCH3 is 1. The van der Waals surface area contributed by atoms with Gasteiger partial charge in [-0.15, -0.1) is 11.3 Å². The van der Waals surface area contributed by atoms with Crippen molar-refractivity contribution in [2.75, 3.05) is 20.2 Å². The molecular weight excluding hydrogens is 384 g/mol. The number of thiophene rings is 1. The lowest BCUT2D eigenvalue weighted by atomic mass is 9.82. The highest BCUT2D eigenvalue weighted by molar-refractivity contribution is 7.91. The van der Waals surface area contributed by atoms with Crippen LogP contribution in [0.15, 0.2) is 46.0 Å². The van der Waals surface area contributed by atoms with Gasteiger partial charge >= 0.3 is 0 Å². The van der Waals surface area contributed by atoms with E-state index in [-0.39, 0.29) is 12.5 Å². The second kappa shape index (κ2) is 8.00. The van der Waals surface area contributed by atoms with E-state index in [1.807, 2.05) is 31.2 Å². The molecule has 1 aliphatic heterocycles. The van der Waals surface area contributed by atoms with Crippen molar-refractivity contribution in [3.63, 3.8) is 0 Å². The van der Waals surface area contributed by atoms with Gasteiger partial charge in [0.1, 0.15) is 9.96 Å². The number of piperidine rings is 1. The molecule has 6 nitrogen and oxygen atoms in total. The van der Waals surface area contributed by atoms with Crippen molar-refractivity contribution in [3.8, 4) is 5.75 Å². The zero-order valence-electron chi connectivity index (χ0n) is 15.5. The smallest absolute Gasteiger partial charge is 0.252 e. The molecule has 8 heteroatoms. The summed E-state index contributed by atoms with van der Waals surface area (Å²) in [4.78, 5) is 12.8. The normalized spacial score (nSPS) is 21.0. The van der Waals surface area contributed by atoms with Gasteiger partial charge in [-0.25, -0.2) is 8.42 Å². The Morgan fingerprint density at radius 2 is 2.15 bits per heavy atom. The van der Waals surface area contributed by atoms with Crippen LogP contribution in [0.5, 0.6) is 5.75 Å². The molecule has 3 rings (SSSR count). The number of amides is 1. The standard InChI is InChI=1S/C19H24N2O4S2/c1-19(18(22)20-13-15-6-3-7-16(12-15)25-2)9-5-10-21(14-19)27(23,24)17-8-4-11-26-17/h3-4,6-8,11-12H,5,9-10,13-14H2,1-2H3,(H,20,22). The summed E-state index contributed by atoms with van der Waals surface area (Å²) in [7, 11) is -1.94. The summed E-state index contributed by atoms with van der Waals surface area (Å²) in [5.74, 6) is 0.607. The lowest BCUT2D eigenvalue weighted by Crippen LogP contribution is -2.51. The minimum absolute atomic E-state index is 0.128. The van der Waals surface area contributed by atoms with Gasteiger partial charge in [0.25, 0.3) is 10.0 Å². The highest BCUT2D eigenvalue weighted by Gasteiger charge is 2.42. The van der Waals surface area contributed by atoms with Gasteiger partial charge in [0.05, 0.1) is 12.5 Å². The molecule has 0 aliphatic carbocycles. The van der Waals surface area contributed by atoms with Crippen LogP contribution in [0.2, 0.25) is 0 Å². The summed E-state index contributed by atoms with van der Waals surface area (Å²) >= 11 is 1.20. The fourth-order valence-electron chi connectivity index (χ4n) is 3.30. The van der Waals surface area contributed by atoms with Crippen LogP contribution in [0.4, 0.5) is 0 Å². The van der Waals surface area contributed by atoms with Crippen molar-refractivity contribution in [2.45, 2.75) is 30.5 Å². The summed E-state index contributed by atoms with van der Waals surface area (Å²) < 4.78 is 32.6. The summed E-state index contributed by atoms with van der Waals surface area (Å²) in [6.07, 6.45) is 1.32. The molecule has 0 spiro atoms. The number of rotatable bonds is 6. The fraction of sp³-hybridized carbons (Fsp3) is 0.421. The van der Waals surface area contributed by atoms with E-state index >= 15 is 0 Å². The summed E-state index contributed by atoms with van der Waals surface area (Å²) in [5, 5.41) is 4.70. The molecule has 1 saturated heterocycles. The SMILES string of the molecule is COc1cccc(CNC(=O)C2(C)CCCN(S(=O)(=O)c3cccs3)C2)c1. The molecule has 1 aromatic carbocycles. The third-order valence-electron chi connectivity index (χ3n) is 4.89. The first kappa shape index (κ1) is 19.9. The first-order chi connectivity index (χ1) is 12.8. The monoisotopic (exact) mass is 408 g/mol. The van der Waals surface area contributed by atoms with Gasteiger partial charge in [-0.1, -0.05) is 18.2 Å². The van der Waals surface area contributed by atoms with Crippen LogP contribution >= 0.6 is 11.3 Å². The van der Waals surface area contributed by atoms with Gasteiger partial charge in [0, 0.05) is 19.6 Å². The van der Waals surface area contributed by atoms with E-state index < -0.39 is 15.4 Å². The van der Waals surface area contributed by atoms with Gasteiger partial charge < -0.3 is 10.1 Å². The Bertz CT molecular complexity index is 896. The van der Waals surface area contributed by atoms with Crippen molar-refractivity contribution in [1.29, 1.82) is 0 Å². The Labute approximate surface area is 164 Å². The number of hydrogen-bond acceptors (Lipinski definition) is 5. The number of sulfonamides is 1. The van der Waals surface area contributed by atoms with Crippen molar-refractivity contribution in [2.24, 2.45) is 5.41 Å². The molecule has 27 heavy (non-hydrogen) atoms. The molecule has 1 unspecified atom stereocenters. The topological polar surface area (TPSA) is 75.7 Å². The number of hydrogen-bond donors (Lipinski definition) is 1. The predicted octanol–water partition coefficient (Wildman–Crippen LogP) is 2.86. The molecule has 0 radical (unpaired) electrons.